The zero-order valence-corrected chi connectivity index (χ0v) is 9.98. The molecule has 0 bridgehead atoms. The Kier molecular flexibility index (Phi) is 8.44. The molecule has 92 valence electrons. The molecular weight excluding hydrogens is 226 g/mol. The molecule has 0 rings (SSSR count). The average molecular weight is 243 g/mol. The predicted molar refractivity (Wildman–Crippen MR) is 54.0 cm³/mol. The van der Waals surface area contributed by atoms with E-state index in [1.165, 1.54) is 0 Å². The Hall–Kier alpha value is -0.700. The highest BCUT2D eigenvalue weighted by Crippen LogP contribution is 1.93. The third-order valence-electron chi connectivity index (χ3n) is 1.40. The summed E-state index contributed by atoms with van der Waals surface area (Å²) in [7, 11) is -0.969. The van der Waals surface area contributed by atoms with E-state index in [-0.39, 0.29) is 12.0 Å². The van der Waals surface area contributed by atoms with Crippen LogP contribution < -0.4 is 0 Å². The van der Waals surface area contributed by atoms with E-state index < -0.39 is 10.4 Å². The van der Waals surface area contributed by atoms with Gasteiger partial charge in [0.25, 0.3) is 0 Å². The Morgan fingerprint density at radius 1 is 1.40 bits per heavy atom. The van der Waals surface area contributed by atoms with E-state index in [1.807, 2.05) is 25.9 Å². The predicted octanol–water partition coefficient (Wildman–Crippen LogP) is -0.153. The molecule has 8 heteroatoms. The molecule has 0 aliphatic rings. The summed E-state index contributed by atoms with van der Waals surface area (Å²) in [6, 6.07) is -0.139. The topological polar surface area (TPSA) is 104 Å². The molecule has 0 fully saturated rings. The van der Waals surface area contributed by atoms with Crippen LogP contribution in [-0.4, -0.2) is 55.1 Å². The highest BCUT2D eigenvalue weighted by Gasteiger charge is 2.14. The van der Waals surface area contributed by atoms with Crippen molar-refractivity contribution in [2.75, 3.05) is 20.7 Å². The Morgan fingerprint density at radius 2 is 1.73 bits per heavy atom. The summed E-state index contributed by atoms with van der Waals surface area (Å²) in [6.07, 6.45) is 0. The summed E-state index contributed by atoms with van der Waals surface area (Å²) in [5.41, 5.74) is 0. The number of esters is 1. The summed E-state index contributed by atoms with van der Waals surface area (Å²) >= 11 is 0. The molecule has 0 heterocycles. The van der Waals surface area contributed by atoms with E-state index >= 15 is 0 Å². The van der Waals surface area contributed by atoms with Crippen LogP contribution in [0, 0.1) is 0 Å². The third-order valence-corrected chi connectivity index (χ3v) is 1.40. The molecule has 0 spiro atoms. The maximum atomic E-state index is 10.9. The normalized spacial score (nSPS) is 12.7. The van der Waals surface area contributed by atoms with Crippen LogP contribution in [0.3, 0.4) is 0 Å². The van der Waals surface area contributed by atoms with Crippen molar-refractivity contribution in [1.29, 1.82) is 0 Å². The largest absolute Gasteiger partial charge is 0.465 e. The van der Waals surface area contributed by atoms with Crippen LogP contribution in [0.4, 0.5) is 0 Å². The SMILES string of the molecule is CCOC(=O)C(C)N(C)C.O=S(=O)(O)O. The zero-order valence-electron chi connectivity index (χ0n) is 9.17. The van der Waals surface area contributed by atoms with Crippen molar-refractivity contribution < 1.29 is 27.1 Å². The second kappa shape index (κ2) is 7.57. The van der Waals surface area contributed by atoms with Crippen molar-refractivity contribution >= 4 is 16.4 Å². The summed E-state index contributed by atoms with van der Waals surface area (Å²) < 4.78 is 36.4. The van der Waals surface area contributed by atoms with Gasteiger partial charge >= 0.3 is 16.4 Å². The highest BCUT2D eigenvalue weighted by atomic mass is 32.3. The van der Waals surface area contributed by atoms with E-state index in [2.05, 4.69) is 0 Å². The van der Waals surface area contributed by atoms with Gasteiger partial charge in [0.15, 0.2) is 0 Å². The standard InChI is InChI=1S/C7H15NO2.H2O4S/c1-5-10-7(9)6(2)8(3)4;1-5(2,3)4/h6H,5H2,1-4H3;(H2,1,2,3,4). The molecule has 7 nitrogen and oxygen atoms in total. The quantitative estimate of drug-likeness (QED) is 0.524. The van der Waals surface area contributed by atoms with Gasteiger partial charge in [0.2, 0.25) is 0 Å². The van der Waals surface area contributed by atoms with E-state index in [4.69, 9.17) is 22.3 Å². The van der Waals surface area contributed by atoms with Gasteiger partial charge < -0.3 is 4.74 Å². The molecule has 0 saturated heterocycles. The molecule has 0 aromatic carbocycles. The molecule has 0 amide bonds. The Balaban J connectivity index is 0. The number of carbonyl (C=O) groups is 1. The van der Waals surface area contributed by atoms with Crippen LogP contribution in [0.15, 0.2) is 0 Å². The van der Waals surface area contributed by atoms with Gasteiger partial charge in [0.1, 0.15) is 6.04 Å². The summed E-state index contributed by atoms with van der Waals surface area (Å²) in [6.45, 7) is 4.08. The van der Waals surface area contributed by atoms with E-state index in [0.29, 0.717) is 6.61 Å². The first kappa shape index (κ1) is 16.7. The maximum absolute atomic E-state index is 10.9. The first-order valence-corrected chi connectivity index (χ1v) is 5.52. The van der Waals surface area contributed by atoms with Gasteiger partial charge in [-0.15, -0.1) is 0 Å². The lowest BCUT2D eigenvalue weighted by molar-refractivity contribution is -0.147. The van der Waals surface area contributed by atoms with Crippen molar-refractivity contribution in [1.82, 2.24) is 4.90 Å². The first-order chi connectivity index (χ1) is 6.59. The van der Waals surface area contributed by atoms with E-state index in [9.17, 15) is 4.79 Å². The molecule has 15 heavy (non-hydrogen) atoms. The van der Waals surface area contributed by atoms with Crippen molar-refractivity contribution in [3.05, 3.63) is 0 Å². The molecule has 0 aromatic rings. The lowest BCUT2D eigenvalue weighted by Crippen LogP contribution is -2.34. The fourth-order valence-electron chi connectivity index (χ4n) is 0.474. The second-order valence-electron chi connectivity index (χ2n) is 2.84. The summed E-state index contributed by atoms with van der Waals surface area (Å²) in [4.78, 5) is 12.7. The number of carbonyl (C=O) groups excluding carboxylic acids is 1. The van der Waals surface area contributed by atoms with Crippen LogP contribution in [0.5, 0.6) is 0 Å². The minimum absolute atomic E-state index is 0.139. The lowest BCUT2D eigenvalue weighted by Gasteiger charge is -2.17. The molecule has 2 N–H and O–H groups in total. The van der Waals surface area contributed by atoms with Crippen LogP contribution in [0.2, 0.25) is 0 Å². The minimum Gasteiger partial charge on any atom is -0.465 e. The van der Waals surface area contributed by atoms with Gasteiger partial charge in [0, 0.05) is 0 Å². The van der Waals surface area contributed by atoms with Crippen LogP contribution >= 0.6 is 0 Å². The second-order valence-corrected chi connectivity index (χ2v) is 3.74. The van der Waals surface area contributed by atoms with Crippen molar-refractivity contribution in [3.63, 3.8) is 0 Å². The number of hydrogen-bond donors (Lipinski definition) is 2. The Morgan fingerprint density at radius 3 is 1.93 bits per heavy atom. The molecule has 0 aliphatic heterocycles. The number of nitrogens with zero attached hydrogens (tertiary/aromatic N) is 1. The molecule has 1 unspecified atom stereocenters. The Labute approximate surface area is 89.6 Å². The van der Waals surface area contributed by atoms with Crippen LogP contribution in [-0.2, 0) is 19.9 Å². The fourth-order valence-corrected chi connectivity index (χ4v) is 0.474. The van der Waals surface area contributed by atoms with Crippen LogP contribution in [0.1, 0.15) is 13.8 Å². The molecule has 1 atom stereocenters. The zero-order chi connectivity index (χ0) is 12.6. The van der Waals surface area contributed by atoms with Crippen molar-refractivity contribution in [2.24, 2.45) is 0 Å². The van der Waals surface area contributed by atoms with E-state index in [0.717, 1.165) is 0 Å². The lowest BCUT2D eigenvalue weighted by atomic mass is 10.3. The van der Waals surface area contributed by atoms with Gasteiger partial charge in [-0.05, 0) is 27.9 Å². The van der Waals surface area contributed by atoms with Crippen LogP contribution in [0.25, 0.3) is 0 Å². The molecule has 0 radical (unpaired) electrons. The number of ether oxygens (including phenoxy) is 1. The Bertz CT molecular complexity index is 265. The minimum atomic E-state index is -4.67. The average Bonchev–Trinajstić information content (AvgIpc) is 2.00. The maximum Gasteiger partial charge on any atom is 0.394 e. The highest BCUT2D eigenvalue weighted by molar-refractivity contribution is 7.79. The van der Waals surface area contributed by atoms with Gasteiger partial charge in [-0.25, -0.2) is 0 Å². The van der Waals surface area contributed by atoms with Gasteiger partial charge in [-0.1, -0.05) is 0 Å². The van der Waals surface area contributed by atoms with Gasteiger partial charge in [0.05, 0.1) is 6.61 Å². The van der Waals surface area contributed by atoms with E-state index in [1.54, 1.807) is 6.92 Å². The number of likely N-dealkylation sites (N-methyl/N-ethyl adjacent to an activating group) is 1. The molecular formula is C7H17NO6S. The van der Waals surface area contributed by atoms with Crippen molar-refractivity contribution in [2.45, 2.75) is 19.9 Å². The number of hydrogen-bond acceptors (Lipinski definition) is 5. The fraction of sp³-hybridized carbons (Fsp3) is 0.857. The first-order valence-electron chi connectivity index (χ1n) is 4.12. The summed E-state index contributed by atoms with van der Waals surface area (Å²) in [5.74, 6) is -0.160. The van der Waals surface area contributed by atoms with Gasteiger partial charge in [-0.2, -0.15) is 8.42 Å². The number of rotatable bonds is 3. The smallest absolute Gasteiger partial charge is 0.394 e. The molecule has 0 saturated carbocycles. The third kappa shape index (κ3) is 16.0. The monoisotopic (exact) mass is 243 g/mol. The summed E-state index contributed by atoms with van der Waals surface area (Å²) in [5, 5.41) is 0. The molecule has 0 aromatic heterocycles. The molecule has 0 aliphatic carbocycles. The van der Waals surface area contributed by atoms with Gasteiger partial charge in [-0.3, -0.25) is 18.8 Å². The van der Waals surface area contributed by atoms with Crippen molar-refractivity contribution in [3.8, 4) is 0 Å².